The van der Waals surface area contributed by atoms with E-state index in [1.165, 1.54) is 44.9 Å². The molecule has 0 spiro atoms. The summed E-state index contributed by atoms with van der Waals surface area (Å²) < 4.78 is 0. The number of carboxylic acids is 1. The molecule has 0 radical (unpaired) electrons. The number of aliphatic carboxylic acids is 1. The van der Waals surface area contributed by atoms with Gasteiger partial charge in [-0.15, -0.1) is 0 Å². The van der Waals surface area contributed by atoms with Crippen molar-refractivity contribution in [2.24, 2.45) is 5.92 Å². The van der Waals surface area contributed by atoms with Gasteiger partial charge in [0, 0.05) is 0 Å². The van der Waals surface area contributed by atoms with E-state index >= 15 is 0 Å². The molecule has 16 heavy (non-hydrogen) atoms. The maximum absolute atomic E-state index is 10.8. The summed E-state index contributed by atoms with van der Waals surface area (Å²) in [6.45, 7) is 4.19. The molecule has 0 aliphatic carbocycles. The molecule has 0 aromatic carbocycles. The highest BCUT2D eigenvalue weighted by molar-refractivity contribution is 5.69. The van der Waals surface area contributed by atoms with Gasteiger partial charge in [-0.1, -0.05) is 65.2 Å². The van der Waals surface area contributed by atoms with Gasteiger partial charge in [0.2, 0.25) is 0 Å². The number of carbonyl (C=O) groups is 1. The average Bonchev–Trinajstić information content (AvgIpc) is 2.26. The van der Waals surface area contributed by atoms with Gasteiger partial charge in [-0.3, -0.25) is 4.79 Å². The number of unbranched alkanes of at least 4 members (excludes halogenated alkanes) is 7. The lowest BCUT2D eigenvalue weighted by Gasteiger charge is -2.08. The van der Waals surface area contributed by atoms with Crippen LogP contribution >= 0.6 is 0 Å². The topological polar surface area (TPSA) is 37.3 Å². The van der Waals surface area contributed by atoms with Crippen LogP contribution in [0.5, 0.6) is 0 Å². The highest BCUT2D eigenvalue weighted by atomic mass is 16.4. The first kappa shape index (κ1) is 15.5. The molecule has 1 atom stereocenters. The molecule has 0 fully saturated rings. The maximum Gasteiger partial charge on any atom is 0.306 e. The molecule has 0 heterocycles. The van der Waals surface area contributed by atoms with E-state index in [9.17, 15) is 4.79 Å². The van der Waals surface area contributed by atoms with E-state index in [1.807, 2.05) is 6.92 Å². The highest BCUT2D eigenvalue weighted by Crippen LogP contribution is 2.15. The van der Waals surface area contributed by atoms with Crippen LogP contribution in [0.4, 0.5) is 0 Å². The second kappa shape index (κ2) is 11.0. The third kappa shape index (κ3) is 8.75. The van der Waals surface area contributed by atoms with Gasteiger partial charge in [-0.05, 0) is 12.8 Å². The number of hydrogen-bond donors (Lipinski definition) is 1. The SMILES string of the molecule is CCCCCCCCCC[C@@H](CC)C(=O)O. The van der Waals surface area contributed by atoms with E-state index in [0.29, 0.717) is 0 Å². The van der Waals surface area contributed by atoms with E-state index < -0.39 is 5.97 Å². The van der Waals surface area contributed by atoms with Crippen LogP contribution in [0.2, 0.25) is 0 Å². The Morgan fingerprint density at radius 1 is 0.938 bits per heavy atom. The fourth-order valence-electron chi connectivity index (χ4n) is 2.03. The van der Waals surface area contributed by atoms with E-state index in [2.05, 4.69) is 6.92 Å². The average molecular weight is 228 g/mol. The minimum Gasteiger partial charge on any atom is -0.481 e. The fraction of sp³-hybridized carbons (Fsp3) is 0.929. The van der Waals surface area contributed by atoms with Gasteiger partial charge in [0.15, 0.2) is 0 Å². The Kier molecular flexibility index (Phi) is 10.6. The molecule has 2 heteroatoms. The van der Waals surface area contributed by atoms with Crippen molar-refractivity contribution in [1.82, 2.24) is 0 Å². The molecule has 0 amide bonds. The first-order valence-electron chi connectivity index (χ1n) is 6.95. The van der Waals surface area contributed by atoms with Crippen LogP contribution in [0.25, 0.3) is 0 Å². The van der Waals surface area contributed by atoms with E-state index in [-0.39, 0.29) is 5.92 Å². The van der Waals surface area contributed by atoms with Crippen molar-refractivity contribution in [2.45, 2.75) is 78.1 Å². The van der Waals surface area contributed by atoms with Gasteiger partial charge >= 0.3 is 5.97 Å². The second-order valence-electron chi connectivity index (χ2n) is 4.71. The zero-order chi connectivity index (χ0) is 12.2. The van der Waals surface area contributed by atoms with Crippen molar-refractivity contribution >= 4 is 5.97 Å². The number of hydrogen-bond acceptors (Lipinski definition) is 1. The molecule has 0 rings (SSSR count). The monoisotopic (exact) mass is 228 g/mol. The lowest BCUT2D eigenvalue weighted by molar-refractivity contribution is -0.142. The van der Waals surface area contributed by atoms with Gasteiger partial charge in [-0.25, -0.2) is 0 Å². The summed E-state index contributed by atoms with van der Waals surface area (Å²) in [5.74, 6) is -0.731. The summed E-state index contributed by atoms with van der Waals surface area (Å²) >= 11 is 0. The standard InChI is InChI=1S/C14H28O2/c1-3-5-6-7-8-9-10-11-12-13(4-2)14(15)16/h13H,3-12H2,1-2H3,(H,15,16)/t13-/m1/s1. The maximum atomic E-state index is 10.8. The molecule has 0 saturated carbocycles. The zero-order valence-corrected chi connectivity index (χ0v) is 11.0. The van der Waals surface area contributed by atoms with Crippen LogP contribution in [-0.4, -0.2) is 11.1 Å². The van der Waals surface area contributed by atoms with Crippen LogP contribution in [0.1, 0.15) is 78.1 Å². The molecule has 0 bridgehead atoms. The smallest absolute Gasteiger partial charge is 0.306 e. The molecule has 0 saturated heterocycles. The molecule has 0 unspecified atom stereocenters. The third-order valence-corrected chi connectivity index (χ3v) is 3.25. The molecule has 0 aromatic heterocycles. The van der Waals surface area contributed by atoms with Gasteiger partial charge in [0.1, 0.15) is 0 Å². The summed E-state index contributed by atoms with van der Waals surface area (Å²) in [6.07, 6.45) is 11.9. The van der Waals surface area contributed by atoms with Crippen molar-refractivity contribution in [1.29, 1.82) is 0 Å². The lowest BCUT2D eigenvalue weighted by Crippen LogP contribution is -2.12. The first-order valence-corrected chi connectivity index (χ1v) is 6.95. The lowest BCUT2D eigenvalue weighted by atomic mass is 9.98. The van der Waals surface area contributed by atoms with Crippen molar-refractivity contribution < 1.29 is 9.90 Å². The molecular formula is C14H28O2. The van der Waals surface area contributed by atoms with Crippen molar-refractivity contribution in [3.05, 3.63) is 0 Å². The number of carboxylic acid groups (broad SMARTS) is 1. The van der Waals surface area contributed by atoms with Gasteiger partial charge in [0.05, 0.1) is 5.92 Å². The minimum atomic E-state index is -0.620. The van der Waals surface area contributed by atoms with Crippen molar-refractivity contribution in [3.8, 4) is 0 Å². The van der Waals surface area contributed by atoms with Crippen LogP contribution in [0, 0.1) is 5.92 Å². The minimum absolute atomic E-state index is 0.111. The quantitative estimate of drug-likeness (QED) is 0.523. The van der Waals surface area contributed by atoms with Crippen molar-refractivity contribution in [3.63, 3.8) is 0 Å². The van der Waals surface area contributed by atoms with Gasteiger partial charge in [-0.2, -0.15) is 0 Å². The Bertz CT molecular complexity index is 166. The van der Waals surface area contributed by atoms with Crippen LogP contribution in [-0.2, 0) is 4.79 Å². The normalized spacial score (nSPS) is 12.6. The number of rotatable bonds is 11. The van der Waals surface area contributed by atoms with Gasteiger partial charge < -0.3 is 5.11 Å². The Morgan fingerprint density at radius 3 is 1.88 bits per heavy atom. The Balaban J connectivity index is 3.22. The Labute approximate surface area is 100 Å². The summed E-state index contributed by atoms with van der Waals surface area (Å²) in [5, 5.41) is 8.87. The van der Waals surface area contributed by atoms with Crippen LogP contribution < -0.4 is 0 Å². The molecule has 0 aliphatic rings. The van der Waals surface area contributed by atoms with E-state index in [1.54, 1.807) is 0 Å². The summed E-state index contributed by atoms with van der Waals surface area (Å²) in [6, 6.07) is 0. The fourth-order valence-corrected chi connectivity index (χ4v) is 2.03. The molecular weight excluding hydrogens is 200 g/mol. The summed E-state index contributed by atoms with van der Waals surface area (Å²) in [4.78, 5) is 10.8. The summed E-state index contributed by atoms with van der Waals surface area (Å²) in [5.41, 5.74) is 0. The van der Waals surface area contributed by atoms with Gasteiger partial charge in [0.25, 0.3) is 0 Å². The van der Waals surface area contributed by atoms with Crippen LogP contribution in [0.15, 0.2) is 0 Å². The molecule has 2 nitrogen and oxygen atoms in total. The molecule has 1 N–H and O–H groups in total. The molecule has 96 valence electrons. The predicted molar refractivity (Wildman–Crippen MR) is 68.6 cm³/mol. The largest absolute Gasteiger partial charge is 0.481 e. The summed E-state index contributed by atoms with van der Waals surface area (Å²) in [7, 11) is 0. The molecule has 0 aromatic rings. The Morgan fingerprint density at radius 2 is 1.44 bits per heavy atom. The first-order chi connectivity index (χ1) is 7.72. The second-order valence-corrected chi connectivity index (χ2v) is 4.71. The van der Waals surface area contributed by atoms with Crippen LogP contribution in [0.3, 0.4) is 0 Å². The van der Waals surface area contributed by atoms with E-state index in [0.717, 1.165) is 19.3 Å². The molecule has 0 aliphatic heterocycles. The van der Waals surface area contributed by atoms with Crippen molar-refractivity contribution in [2.75, 3.05) is 0 Å². The van der Waals surface area contributed by atoms with E-state index in [4.69, 9.17) is 5.11 Å². The highest BCUT2D eigenvalue weighted by Gasteiger charge is 2.13. The Hall–Kier alpha value is -0.530. The third-order valence-electron chi connectivity index (χ3n) is 3.25. The zero-order valence-electron chi connectivity index (χ0n) is 11.0. The predicted octanol–water partition coefficient (Wildman–Crippen LogP) is 4.63.